The summed E-state index contributed by atoms with van der Waals surface area (Å²) in [7, 11) is -1.08. The zero-order chi connectivity index (χ0) is 23.0. The monoisotopic (exact) mass is 460 g/mol. The molecule has 0 amide bonds. The SMILES string of the molecule is CN1CCN(Cc2cc[c]c(-c3nc4cccc(-c5ccc(S(C)(=O)=O)cc5)n4n3)c2)CC1. The van der Waals surface area contributed by atoms with Crippen LogP contribution >= 0.6 is 0 Å². The van der Waals surface area contributed by atoms with Crippen LogP contribution in [-0.2, 0) is 16.4 Å². The van der Waals surface area contributed by atoms with E-state index >= 15 is 0 Å². The highest BCUT2D eigenvalue weighted by molar-refractivity contribution is 7.90. The summed E-state index contributed by atoms with van der Waals surface area (Å²) in [6.45, 7) is 5.22. The lowest BCUT2D eigenvalue weighted by atomic mass is 10.1. The molecule has 2 aromatic heterocycles. The number of likely N-dealkylation sites (N-methyl/N-ethyl adjacent to an activating group) is 1. The Morgan fingerprint density at radius 2 is 1.76 bits per heavy atom. The second-order valence-corrected chi connectivity index (χ2v) is 10.6. The van der Waals surface area contributed by atoms with Crippen LogP contribution in [0.4, 0.5) is 0 Å². The smallest absolute Gasteiger partial charge is 0.182 e. The highest BCUT2D eigenvalue weighted by Crippen LogP contribution is 2.25. The molecule has 4 aromatic rings. The first-order valence-electron chi connectivity index (χ1n) is 10.9. The van der Waals surface area contributed by atoms with Gasteiger partial charge in [0.1, 0.15) is 0 Å². The molecule has 0 bridgehead atoms. The van der Waals surface area contributed by atoms with E-state index in [-0.39, 0.29) is 0 Å². The first kappa shape index (κ1) is 21.8. The van der Waals surface area contributed by atoms with Crippen LogP contribution in [-0.4, -0.2) is 72.3 Å². The summed E-state index contributed by atoms with van der Waals surface area (Å²) >= 11 is 0. The Hall–Kier alpha value is -3.07. The lowest BCUT2D eigenvalue weighted by molar-refractivity contribution is 0.148. The summed E-state index contributed by atoms with van der Waals surface area (Å²) in [5.74, 6) is 0.621. The molecule has 0 N–H and O–H groups in total. The Kier molecular flexibility index (Phi) is 5.74. The molecular weight excluding hydrogens is 434 g/mol. The van der Waals surface area contributed by atoms with Gasteiger partial charge >= 0.3 is 0 Å². The van der Waals surface area contributed by atoms with Gasteiger partial charge in [-0.05, 0) is 49.0 Å². The summed E-state index contributed by atoms with van der Waals surface area (Å²) in [6, 6.07) is 22.1. The molecule has 1 aliphatic heterocycles. The van der Waals surface area contributed by atoms with E-state index in [1.807, 2.05) is 24.3 Å². The van der Waals surface area contributed by atoms with Crippen molar-refractivity contribution in [2.75, 3.05) is 39.5 Å². The molecule has 1 radical (unpaired) electrons. The molecule has 33 heavy (non-hydrogen) atoms. The first-order valence-corrected chi connectivity index (χ1v) is 12.8. The van der Waals surface area contributed by atoms with E-state index in [0.29, 0.717) is 10.7 Å². The molecule has 0 saturated carbocycles. The average molecular weight is 461 g/mol. The Morgan fingerprint density at radius 3 is 2.48 bits per heavy atom. The van der Waals surface area contributed by atoms with Crippen LogP contribution in [0.15, 0.2) is 65.6 Å². The van der Waals surface area contributed by atoms with Crippen LogP contribution in [0.1, 0.15) is 5.56 Å². The van der Waals surface area contributed by atoms with Gasteiger partial charge in [0.15, 0.2) is 21.3 Å². The molecule has 8 heteroatoms. The van der Waals surface area contributed by atoms with E-state index < -0.39 is 9.84 Å². The van der Waals surface area contributed by atoms with Crippen molar-refractivity contribution < 1.29 is 8.42 Å². The van der Waals surface area contributed by atoms with Crippen molar-refractivity contribution in [3.63, 3.8) is 0 Å². The van der Waals surface area contributed by atoms with Crippen molar-refractivity contribution in [3.8, 4) is 22.6 Å². The van der Waals surface area contributed by atoms with E-state index in [1.54, 1.807) is 28.8 Å². The molecule has 1 saturated heterocycles. The van der Waals surface area contributed by atoms with Crippen molar-refractivity contribution in [1.82, 2.24) is 24.4 Å². The molecule has 5 rings (SSSR count). The van der Waals surface area contributed by atoms with Gasteiger partial charge in [-0.2, -0.15) is 0 Å². The molecule has 169 valence electrons. The number of rotatable bonds is 5. The third-order valence-electron chi connectivity index (χ3n) is 6.05. The fourth-order valence-electron chi connectivity index (χ4n) is 4.12. The Bertz CT molecular complexity index is 1390. The summed E-state index contributed by atoms with van der Waals surface area (Å²) in [6.07, 6.45) is 1.21. The number of pyridine rings is 1. The number of hydrogen-bond donors (Lipinski definition) is 0. The van der Waals surface area contributed by atoms with Crippen molar-refractivity contribution in [1.29, 1.82) is 0 Å². The lowest BCUT2D eigenvalue weighted by Gasteiger charge is -2.32. The highest BCUT2D eigenvalue weighted by Gasteiger charge is 2.16. The van der Waals surface area contributed by atoms with E-state index in [9.17, 15) is 8.42 Å². The van der Waals surface area contributed by atoms with E-state index in [1.165, 1.54) is 11.8 Å². The predicted octanol–water partition coefficient (Wildman–Crippen LogP) is 3.01. The number of nitrogens with zero attached hydrogens (tertiary/aromatic N) is 5. The van der Waals surface area contributed by atoms with Gasteiger partial charge in [0.05, 0.1) is 10.6 Å². The molecule has 1 fully saturated rings. The van der Waals surface area contributed by atoms with Crippen molar-refractivity contribution >= 4 is 15.5 Å². The Morgan fingerprint density at radius 1 is 1.00 bits per heavy atom. The summed E-state index contributed by atoms with van der Waals surface area (Å²) in [5, 5.41) is 4.76. The Balaban J connectivity index is 1.45. The summed E-state index contributed by atoms with van der Waals surface area (Å²) in [5.41, 5.74) is 4.54. The quantitative estimate of drug-likeness (QED) is 0.456. The predicted molar refractivity (Wildman–Crippen MR) is 129 cm³/mol. The minimum Gasteiger partial charge on any atom is -0.304 e. The lowest BCUT2D eigenvalue weighted by Crippen LogP contribution is -2.43. The van der Waals surface area contributed by atoms with E-state index in [0.717, 1.165) is 55.2 Å². The molecule has 1 aliphatic rings. The average Bonchev–Trinajstić information content (AvgIpc) is 3.25. The van der Waals surface area contributed by atoms with E-state index in [2.05, 4.69) is 35.0 Å². The normalized spacial score (nSPS) is 15.8. The second kappa shape index (κ2) is 8.70. The Labute approximate surface area is 194 Å². The minimum atomic E-state index is -3.24. The summed E-state index contributed by atoms with van der Waals surface area (Å²) in [4.78, 5) is 9.85. The van der Waals surface area contributed by atoms with Crippen molar-refractivity contribution in [2.45, 2.75) is 11.4 Å². The topological polar surface area (TPSA) is 70.8 Å². The van der Waals surface area contributed by atoms with Gasteiger partial charge in [-0.15, -0.1) is 5.10 Å². The number of fused-ring (bicyclic) bond motifs is 1. The largest absolute Gasteiger partial charge is 0.304 e. The van der Waals surface area contributed by atoms with Gasteiger partial charge in [-0.25, -0.2) is 17.9 Å². The fraction of sp³-hybridized carbons (Fsp3) is 0.280. The molecule has 0 spiro atoms. The van der Waals surface area contributed by atoms with Crippen molar-refractivity contribution in [3.05, 3.63) is 72.3 Å². The molecule has 7 nitrogen and oxygen atoms in total. The number of piperazine rings is 1. The van der Waals surface area contributed by atoms with Gasteiger partial charge in [0, 0.05) is 50.1 Å². The number of aromatic nitrogens is 3. The second-order valence-electron chi connectivity index (χ2n) is 8.60. The molecule has 0 aliphatic carbocycles. The maximum absolute atomic E-state index is 11.8. The van der Waals surface area contributed by atoms with Gasteiger partial charge < -0.3 is 4.90 Å². The van der Waals surface area contributed by atoms with Crippen LogP contribution in [0.3, 0.4) is 0 Å². The highest BCUT2D eigenvalue weighted by atomic mass is 32.2. The summed E-state index contributed by atoms with van der Waals surface area (Å²) < 4.78 is 25.4. The standard InChI is InChI=1S/C25H26N5O2S/c1-28-13-15-29(16-14-28)18-19-5-3-6-21(17-19)25-26-24-8-4-7-23(30(24)27-25)20-9-11-22(12-10-20)33(2,31)32/h3-5,7-12,17H,13-16,18H2,1-2H3. The van der Waals surface area contributed by atoms with E-state index in [4.69, 9.17) is 10.1 Å². The molecular formula is C25H26N5O2S. The van der Waals surface area contributed by atoms with Gasteiger partial charge in [0.2, 0.25) is 0 Å². The zero-order valence-corrected chi connectivity index (χ0v) is 19.6. The number of benzene rings is 2. The molecule has 3 heterocycles. The van der Waals surface area contributed by atoms with Crippen LogP contribution in [0.25, 0.3) is 28.3 Å². The van der Waals surface area contributed by atoms with Crippen LogP contribution in [0.5, 0.6) is 0 Å². The maximum atomic E-state index is 11.8. The maximum Gasteiger partial charge on any atom is 0.182 e. The van der Waals surface area contributed by atoms with Gasteiger partial charge in [-0.1, -0.05) is 30.3 Å². The van der Waals surface area contributed by atoms with Crippen molar-refractivity contribution in [2.24, 2.45) is 0 Å². The number of sulfone groups is 1. The van der Waals surface area contributed by atoms with Crippen LogP contribution < -0.4 is 0 Å². The minimum absolute atomic E-state index is 0.296. The zero-order valence-electron chi connectivity index (χ0n) is 18.8. The van der Waals surface area contributed by atoms with Gasteiger partial charge in [0.25, 0.3) is 0 Å². The first-order chi connectivity index (χ1) is 15.9. The third-order valence-corrected chi connectivity index (χ3v) is 7.18. The molecule has 2 aromatic carbocycles. The van der Waals surface area contributed by atoms with Crippen LogP contribution in [0, 0.1) is 6.07 Å². The van der Waals surface area contributed by atoms with Gasteiger partial charge in [-0.3, -0.25) is 4.90 Å². The third kappa shape index (κ3) is 4.68. The fourth-order valence-corrected chi connectivity index (χ4v) is 4.75. The van der Waals surface area contributed by atoms with Crippen LogP contribution in [0.2, 0.25) is 0 Å². The molecule has 0 atom stereocenters. The number of hydrogen-bond acceptors (Lipinski definition) is 6. The molecule has 0 unspecified atom stereocenters.